The number of halogens is 1. The normalized spacial score (nSPS) is 15.1. The smallest absolute Gasteiger partial charge is 0.122 e. The summed E-state index contributed by atoms with van der Waals surface area (Å²) in [5.41, 5.74) is 3.92. The molecule has 0 bridgehead atoms. The van der Waals surface area contributed by atoms with Gasteiger partial charge in [-0.3, -0.25) is 0 Å². The molecule has 1 aliphatic rings. The second-order valence-corrected chi connectivity index (χ2v) is 6.28. The van der Waals surface area contributed by atoms with Crippen LogP contribution in [0.5, 0.6) is 5.75 Å². The van der Waals surface area contributed by atoms with Gasteiger partial charge in [0.05, 0.1) is 12.6 Å². The number of benzene rings is 2. The van der Waals surface area contributed by atoms with Crippen LogP contribution in [0.2, 0.25) is 0 Å². The van der Waals surface area contributed by atoms with Crippen molar-refractivity contribution in [2.75, 3.05) is 13.2 Å². The summed E-state index contributed by atoms with van der Waals surface area (Å²) in [5.74, 6) is 1.05. The van der Waals surface area contributed by atoms with E-state index in [1.165, 1.54) is 16.7 Å². The molecule has 0 saturated carbocycles. The van der Waals surface area contributed by atoms with E-state index in [2.05, 4.69) is 70.6 Å². The summed E-state index contributed by atoms with van der Waals surface area (Å²) in [6.45, 7) is 3.92. The van der Waals surface area contributed by atoms with Crippen LogP contribution in [0.1, 0.15) is 36.1 Å². The minimum atomic E-state index is 0.222. The zero-order valence-electron chi connectivity index (χ0n) is 12.2. The van der Waals surface area contributed by atoms with Crippen LogP contribution >= 0.6 is 15.9 Å². The molecule has 1 atom stereocenters. The molecule has 3 heteroatoms. The first-order chi connectivity index (χ1) is 10.3. The molecule has 21 heavy (non-hydrogen) atoms. The maximum atomic E-state index is 5.72. The average molecular weight is 346 g/mol. The van der Waals surface area contributed by atoms with Gasteiger partial charge in [-0.25, -0.2) is 0 Å². The van der Waals surface area contributed by atoms with Crippen LogP contribution in [0.15, 0.2) is 46.9 Å². The van der Waals surface area contributed by atoms with Crippen molar-refractivity contribution >= 4 is 15.9 Å². The molecule has 2 nitrogen and oxygen atoms in total. The molecular formula is C18H20BrNO. The molecule has 110 valence electrons. The van der Waals surface area contributed by atoms with E-state index in [0.717, 1.165) is 36.2 Å². The topological polar surface area (TPSA) is 21.3 Å². The Morgan fingerprint density at radius 2 is 2.05 bits per heavy atom. The van der Waals surface area contributed by atoms with Gasteiger partial charge in [-0.15, -0.1) is 0 Å². The lowest BCUT2D eigenvalue weighted by atomic mass is 9.95. The lowest BCUT2D eigenvalue weighted by Crippen LogP contribution is -2.22. The van der Waals surface area contributed by atoms with Crippen LogP contribution in [0.25, 0.3) is 0 Å². The summed E-state index contributed by atoms with van der Waals surface area (Å²) in [6, 6.07) is 15.3. The predicted molar refractivity (Wildman–Crippen MR) is 89.9 cm³/mol. The summed E-state index contributed by atoms with van der Waals surface area (Å²) >= 11 is 3.57. The highest BCUT2D eigenvalue weighted by Gasteiger charge is 2.17. The molecule has 1 heterocycles. The summed E-state index contributed by atoms with van der Waals surface area (Å²) in [5, 5.41) is 3.59. The molecule has 3 rings (SSSR count). The van der Waals surface area contributed by atoms with Crippen LogP contribution in [0.3, 0.4) is 0 Å². The molecule has 0 aliphatic carbocycles. The second-order valence-electron chi connectivity index (χ2n) is 5.36. The van der Waals surface area contributed by atoms with Gasteiger partial charge in [-0.05, 0) is 54.3 Å². The Morgan fingerprint density at radius 3 is 2.86 bits per heavy atom. The first-order valence-corrected chi connectivity index (χ1v) is 8.31. The average Bonchev–Trinajstić information content (AvgIpc) is 2.52. The van der Waals surface area contributed by atoms with Gasteiger partial charge in [0.2, 0.25) is 0 Å². The number of hydrogen-bond donors (Lipinski definition) is 1. The van der Waals surface area contributed by atoms with Crippen molar-refractivity contribution in [3.05, 3.63) is 63.6 Å². The highest BCUT2D eigenvalue weighted by atomic mass is 79.9. The van der Waals surface area contributed by atoms with E-state index in [-0.39, 0.29) is 6.04 Å². The first kappa shape index (κ1) is 14.6. The highest BCUT2D eigenvalue weighted by Crippen LogP contribution is 2.31. The minimum absolute atomic E-state index is 0.222. The monoisotopic (exact) mass is 345 g/mol. The molecule has 0 radical (unpaired) electrons. The van der Waals surface area contributed by atoms with Crippen molar-refractivity contribution in [3.63, 3.8) is 0 Å². The summed E-state index contributed by atoms with van der Waals surface area (Å²) in [4.78, 5) is 0. The minimum Gasteiger partial charge on any atom is -0.493 e. The molecular weight excluding hydrogens is 326 g/mol. The van der Waals surface area contributed by atoms with Crippen LogP contribution in [-0.2, 0) is 6.42 Å². The molecule has 0 spiro atoms. The third kappa shape index (κ3) is 3.30. The number of ether oxygens (including phenoxy) is 1. The fourth-order valence-electron chi connectivity index (χ4n) is 2.88. The Bertz CT molecular complexity index is 626. The Morgan fingerprint density at radius 1 is 1.19 bits per heavy atom. The third-order valence-electron chi connectivity index (χ3n) is 3.86. The van der Waals surface area contributed by atoms with Crippen molar-refractivity contribution in [1.29, 1.82) is 0 Å². The lowest BCUT2D eigenvalue weighted by Gasteiger charge is -2.23. The van der Waals surface area contributed by atoms with E-state index < -0.39 is 0 Å². The maximum absolute atomic E-state index is 5.72. The predicted octanol–water partition coefficient (Wildman–Crippen LogP) is 4.47. The van der Waals surface area contributed by atoms with E-state index in [9.17, 15) is 0 Å². The molecule has 0 amide bonds. The SMILES string of the molecule is CCNC(c1cccc(Br)c1)c1ccc2c(c1)CCCO2. The van der Waals surface area contributed by atoms with E-state index >= 15 is 0 Å². The van der Waals surface area contributed by atoms with E-state index in [0.29, 0.717) is 0 Å². The van der Waals surface area contributed by atoms with Crippen LogP contribution in [0, 0.1) is 0 Å². The summed E-state index contributed by atoms with van der Waals surface area (Å²) < 4.78 is 6.83. The van der Waals surface area contributed by atoms with Crippen molar-refractivity contribution < 1.29 is 4.74 Å². The Labute approximate surface area is 134 Å². The number of nitrogens with one attached hydrogen (secondary N) is 1. The van der Waals surface area contributed by atoms with Crippen molar-refractivity contribution in [2.24, 2.45) is 0 Å². The van der Waals surface area contributed by atoms with Gasteiger partial charge in [0.15, 0.2) is 0 Å². The van der Waals surface area contributed by atoms with Crippen molar-refractivity contribution in [2.45, 2.75) is 25.8 Å². The van der Waals surface area contributed by atoms with Gasteiger partial charge in [-0.2, -0.15) is 0 Å². The standard InChI is InChI=1S/C18H20BrNO/c1-2-20-18(14-5-3-7-16(19)12-14)15-8-9-17-13(11-15)6-4-10-21-17/h3,5,7-9,11-12,18,20H,2,4,6,10H2,1H3. The van der Waals surface area contributed by atoms with Gasteiger partial charge in [0, 0.05) is 4.47 Å². The molecule has 1 N–H and O–H groups in total. The lowest BCUT2D eigenvalue weighted by molar-refractivity contribution is 0.288. The van der Waals surface area contributed by atoms with Crippen molar-refractivity contribution in [3.8, 4) is 5.75 Å². The molecule has 0 fully saturated rings. The van der Waals surface area contributed by atoms with Crippen LogP contribution in [-0.4, -0.2) is 13.2 Å². The summed E-state index contributed by atoms with van der Waals surface area (Å²) in [7, 11) is 0. The quantitative estimate of drug-likeness (QED) is 0.882. The van der Waals surface area contributed by atoms with Crippen LogP contribution < -0.4 is 10.1 Å². The number of rotatable bonds is 4. The van der Waals surface area contributed by atoms with Crippen LogP contribution in [0.4, 0.5) is 0 Å². The first-order valence-electron chi connectivity index (χ1n) is 7.52. The Balaban J connectivity index is 1.97. The third-order valence-corrected chi connectivity index (χ3v) is 4.35. The number of aryl methyl sites for hydroxylation is 1. The van der Waals surface area contributed by atoms with Gasteiger partial charge in [0.1, 0.15) is 5.75 Å². The molecule has 2 aromatic rings. The van der Waals surface area contributed by atoms with Gasteiger partial charge in [0.25, 0.3) is 0 Å². The van der Waals surface area contributed by atoms with E-state index in [4.69, 9.17) is 4.74 Å². The molecule has 0 saturated heterocycles. The fourth-order valence-corrected chi connectivity index (χ4v) is 3.30. The molecule has 2 aromatic carbocycles. The fraction of sp³-hybridized carbons (Fsp3) is 0.333. The zero-order chi connectivity index (χ0) is 14.7. The second kappa shape index (κ2) is 6.63. The molecule has 0 aromatic heterocycles. The highest BCUT2D eigenvalue weighted by molar-refractivity contribution is 9.10. The Hall–Kier alpha value is -1.32. The molecule has 1 unspecified atom stereocenters. The van der Waals surface area contributed by atoms with Gasteiger partial charge >= 0.3 is 0 Å². The number of hydrogen-bond acceptors (Lipinski definition) is 2. The summed E-state index contributed by atoms with van der Waals surface area (Å²) in [6.07, 6.45) is 2.22. The maximum Gasteiger partial charge on any atom is 0.122 e. The zero-order valence-corrected chi connectivity index (χ0v) is 13.8. The van der Waals surface area contributed by atoms with Crippen molar-refractivity contribution in [1.82, 2.24) is 5.32 Å². The largest absolute Gasteiger partial charge is 0.493 e. The number of fused-ring (bicyclic) bond motifs is 1. The Kier molecular flexibility index (Phi) is 4.61. The van der Waals surface area contributed by atoms with Gasteiger partial charge < -0.3 is 10.1 Å². The van der Waals surface area contributed by atoms with Gasteiger partial charge in [-0.1, -0.05) is 47.1 Å². The van der Waals surface area contributed by atoms with E-state index in [1.807, 2.05) is 0 Å². The molecule has 1 aliphatic heterocycles. The van der Waals surface area contributed by atoms with E-state index in [1.54, 1.807) is 0 Å².